The molecule has 1 rings (SSSR count). The van der Waals surface area contributed by atoms with Gasteiger partial charge in [0.25, 0.3) is 0 Å². The first kappa shape index (κ1) is 13.8. The predicted octanol–water partition coefficient (Wildman–Crippen LogP) is 2.10. The molecule has 17 heavy (non-hydrogen) atoms. The Balaban J connectivity index is 2.70. The normalized spacial score (nSPS) is 11.7. The van der Waals surface area contributed by atoms with Gasteiger partial charge in [-0.2, -0.15) is 0 Å². The van der Waals surface area contributed by atoms with Crippen LogP contribution in [0, 0.1) is 0 Å². The van der Waals surface area contributed by atoms with Crippen LogP contribution in [0.3, 0.4) is 0 Å². The van der Waals surface area contributed by atoms with Crippen molar-refractivity contribution in [2.75, 3.05) is 5.32 Å². The molecular formula is C10H11BrClN3O2. The molecule has 0 aliphatic rings. The summed E-state index contributed by atoms with van der Waals surface area (Å²) in [6.45, 7) is 1.59. The van der Waals surface area contributed by atoms with Gasteiger partial charge in [0, 0.05) is 4.47 Å². The van der Waals surface area contributed by atoms with Crippen LogP contribution in [0.4, 0.5) is 10.5 Å². The maximum Gasteiger partial charge on any atom is 0.318 e. The van der Waals surface area contributed by atoms with Gasteiger partial charge in [0.2, 0.25) is 5.91 Å². The Hall–Kier alpha value is -1.27. The van der Waals surface area contributed by atoms with Crippen LogP contribution in [0.5, 0.6) is 0 Å². The zero-order chi connectivity index (χ0) is 13.0. The van der Waals surface area contributed by atoms with E-state index in [9.17, 15) is 9.59 Å². The first-order valence-electron chi connectivity index (χ1n) is 4.72. The lowest BCUT2D eigenvalue weighted by Gasteiger charge is -2.15. The van der Waals surface area contributed by atoms with Crippen LogP contribution in [0.2, 0.25) is 5.02 Å². The van der Waals surface area contributed by atoms with Gasteiger partial charge in [0.15, 0.2) is 0 Å². The van der Waals surface area contributed by atoms with Crippen molar-refractivity contribution in [2.45, 2.75) is 13.0 Å². The molecule has 0 radical (unpaired) electrons. The largest absolute Gasteiger partial charge is 0.373 e. The third-order valence-electron chi connectivity index (χ3n) is 1.94. The van der Waals surface area contributed by atoms with Crippen molar-refractivity contribution in [3.05, 3.63) is 27.7 Å². The fourth-order valence-electron chi connectivity index (χ4n) is 1.14. The number of anilines is 1. The van der Waals surface area contributed by atoms with E-state index in [0.29, 0.717) is 10.7 Å². The lowest BCUT2D eigenvalue weighted by Crippen LogP contribution is -2.43. The summed E-state index contributed by atoms with van der Waals surface area (Å²) in [5.74, 6) is -0.517. The third kappa shape index (κ3) is 4.24. The standard InChI is InChI=1S/C10H11BrClN3O2/c1-5(9(16)15-10(13)17)14-8-3-2-6(11)4-7(8)12/h2-5,14H,1H3,(H3,13,15,16,17). The number of imide groups is 1. The van der Waals surface area contributed by atoms with Crippen molar-refractivity contribution in [1.29, 1.82) is 0 Å². The molecule has 0 fully saturated rings. The second-order valence-corrected chi connectivity index (χ2v) is 4.67. The molecule has 3 amide bonds. The lowest BCUT2D eigenvalue weighted by molar-refractivity contribution is -0.120. The highest BCUT2D eigenvalue weighted by Gasteiger charge is 2.15. The SMILES string of the molecule is CC(Nc1ccc(Br)cc1Cl)C(=O)NC(N)=O. The number of nitrogens with one attached hydrogen (secondary N) is 2. The Morgan fingerprint density at radius 3 is 2.65 bits per heavy atom. The van der Waals surface area contributed by atoms with Crippen LogP contribution in [0.15, 0.2) is 22.7 Å². The number of rotatable bonds is 3. The monoisotopic (exact) mass is 319 g/mol. The van der Waals surface area contributed by atoms with Crippen LogP contribution >= 0.6 is 27.5 Å². The van der Waals surface area contributed by atoms with E-state index < -0.39 is 18.0 Å². The first-order chi connectivity index (χ1) is 7.90. The minimum Gasteiger partial charge on any atom is -0.373 e. The molecule has 1 atom stereocenters. The molecule has 5 nitrogen and oxygen atoms in total. The van der Waals surface area contributed by atoms with Crippen LogP contribution in [0.25, 0.3) is 0 Å². The van der Waals surface area contributed by atoms with E-state index in [4.69, 9.17) is 17.3 Å². The molecule has 0 aromatic heterocycles. The van der Waals surface area contributed by atoms with Crippen molar-refractivity contribution in [3.8, 4) is 0 Å². The number of benzene rings is 1. The number of amides is 3. The summed E-state index contributed by atoms with van der Waals surface area (Å²) in [5, 5.41) is 5.32. The fraction of sp³-hybridized carbons (Fsp3) is 0.200. The van der Waals surface area contributed by atoms with Crippen LogP contribution in [-0.2, 0) is 4.79 Å². The van der Waals surface area contributed by atoms with Crippen molar-refractivity contribution >= 4 is 45.2 Å². The maximum absolute atomic E-state index is 11.4. The van der Waals surface area contributed by atoms with Gasteiger partial charge in [-0.05, 0) is 25.1 Å². The summed E-state index contributed by atoms with van der Waals surface area (Å²) in [6, 6.07) is 3.70. The quantitative estimate of drug-likeness (QED) is 0.797. The van der Waals surface area contributed by atoms with Crippen LogP contribution < -0.4 is 16.4 Å². The molecule has 0 aliphatic heterocycles. The summed E-state index contributed by atoms with van der Waals surface area (Å²) in [4.78, 5) is 21.9. The van der Waals surface area contributed by atoms with Gasteiger partial charge in [0.1, 0.15) is 6.04 Å². The maximum atomic E-state index is 11.4. The summed E-state index contributed by atoms with van der Waals surface area (Å²) in [5.41, 5.74) is 5.44. The smallest absolute Gasteiger partial charge is 0.318 e. The zero-order valence-electron chi connectivity index (χ0n) is 8.96. The predicted molar refractivity (Wildman–Crippen MR) is 70.0 cm³/mol. The average molecular weight is 321 g/mol. The topological polar surface area (TPSA) is 84.2 Å². The molecule has 92 valence electrons. The molecule has 0 saturated carbocycles. The minimum atomic E-state index is -0.884. The number of carbonyl (C=O) groups is 2. The van der Waals surface area contributed by atoms with E-state index in [1.807, 2.05) is 5.32 Å². The molecule has 0 aliphatic carbocycles. The number of halogens is 2. The van der Waals surface area contributed by atoms with E-state index in [2.05, 4.69) is 21.2 Å². The molecule has 0 saturated heterocycles. The van der Waals surface area contributed by atoms with Crippen molar-refractivity contribution in [2.24, 2.45) is 5.73 Å². The van der Waals surface area contributed by atoms with Gasteiger partial charge < -0.3 is 11.1 Å². The van der Waals surface area contributed by atoms with E-state index in [-0.39, 0.29) is 0 Å². The highest BCUT2D eigenvalue weighted by Crippen LogP contribution is 2.26. The highest BCUT2D eigenvalue weighted by atomic mass is 79.9. The minimum absolute atomic E-state index is 0.470. The van der Waals surface area contributed by atoms with Crippen molar-refractivity contribution < 1.29 is 9.59 Å². The van der Waals surface area contributed by atoms with Crippen molar-refractivity contribution in [3.63, 3.8) is 0 Å². The molecule has 1 unspecified atom stereocenters. The molecule has 1 aromatic carbocycles. The summed E-state index contributed by atoms with van der Waals surface area (Å²) in [7, 11) is 0. The van der Waals surface area contributed by atoms with E-state index >= 15 is 0 Å². The van der Waals surface area contributed by atoms with E-state index in [0.717, 1.165) is 4.47 Å². The Labute approximate surface area is 112 Å². The molecule has 4 N–H and O–H groups in total. The summed E-state index contributed by atoms with van der Waals surface area (Å²) >= 11 is 9.24. The van der Waals surface area contributed by atoms with Crippen LogP contribution in [-0.4, -0.2) is 18.0 Å². The zero-order valence-corrected chi connectivity index (χ0v) is 11.3. The van der Waals surface area contributed by atoms with Gasteiger partial charge in [-0.3, -0.25) is 10.1 Å². The number of hydrogen-bond donors (Lipinski definition) is 3. The van der Waals surface area contributed by atoms with E-state index in [1.54, 1.807) is 25.1 Å². The lowest BCUT2D eigenvalue weighted by atomic mass is 10.2. The molecule has 0 spiro atoms. The van der Waals surface area contributed by atoms with E-state index in [1.165, 1.54) is 0 Å². The van der Waals surface area contributed by atoms with Crippen LogP contribution in [0.1, 0.15) is 6.92 Å². The number of carbonyl (C=O) groups excluding carboxylic acids is 2. The average Bonchev–Trinajstić information content (AvgIpc) is 2.21. The molecular weight excluding hydrogens is 309 g/mol. The van der Waals surface area contributed by atoms with Gasteiger partial charge in [-0.1, -0.05) is 27.5 Å². The number of urea groups is 1. The Morgan fingerprint density at radius 2 is 2.12 bits per heavy atom. The van der Waals surface area contributed by atoms with Crippen molar-refractivity contribution in [1.82, 2.24) is 5.32 Å². The first-order valence-corrected chi connectivity index (χ1v) is 5.89. The third-order valence-corrected chi connectivity index (χ3v) is 2.75. The highest BCUT2D eigenvalue weighted by molar-refractivity contribution is 9.10. The molecule has 0 heterocycles. The summed E-state index contributed by atoms with van der Waals surface area (Å²) in [6.07, 6.45) is 0. The molecule has 0 bridgehead atoms. The Bertz CT molecular complexity index is 453. The van der Waals surface area contributed by atoms with Gasteiger partial charge in [0.05, 0.1) is 10.7 Å². The molecule has 1 aromatic rings. The van der Waals surface area contributed by atoms with Gasteiger partial charge >= 0.3 is 6.03 Å². The summed E-state index contributed by atoms with van der Waals surface area (Å²) < 4.78 is 0.835. The number of nitrogens with two attached hydrogens (primary N) is 1. The number of primary amides is 1. The second kappa shape index (κ2) is 5.88. The van der Waals surface area contributed by atoms with Gasteiger partial charge in [-0.15, -0.1) is 0 Å². The fourth-order valence-corrected chi connectivity index (χ4v) is 1.86. The molecule has 7 heteroatoms. The number of hydrogen-bond acceptors (Lipinski definition) is 3. The second-order valence-electron chi connectivity index (χ2n) is 3.34. The Kier molecular flexibility index (Phi) is 4.77. The Morgan fingerprint density at radius 1 is 1.47 bits per heavy atom. The van der Waals surface area contributed by atoms with Gasteiger partial charge in [-0.25, -0.2) is 4.79 Å².